The fraction of sp³-hybridized carbons (Fsp3) is 0.227. The maximum Gasteiger partial charge on any atom is 0.348 e. The van der Waals surface area contributed by atoms with Crippen molar-refractivity contribution in [2.45, 2.75) is 13.8 Å². The van der Waals surface area contributed by atoms with Crippen LogP contribution in [0.3, 0.4) is 0 Å². The molecule has 32 heavy (non-hydrogen) atoms. The van der Waals surface area contributed by atoms with Gasteiger partial charge in [0.15, 0.2) is 5.57 Å². The minimum absolute atomic E-state index is 0.0631. The van der Waals surface area contributed by atoms with E-state index in [0.29, 0.717) is 21.4 Å². The number of carbonyl (C=O) groups is 3. The summed E-state index contributed by atoms with van der Waals surface area (Å²) in [6.45, 7) is 3.37. The van der Waals surface area contributed by atoms with Gasteiger partial charge in [-0.2, -0.15) is 0 Å². The lowest BCUT2D eigenvalue weighted by Gasteiger charge is -2.16. The van der Waals surface area contributed by atoms with Crippen LogP contribution in [0.25, 0.3) is 0 Å². The van der Waals surface area contributed by atoms with E-state index in [9.17, 15) is 14.4 Å². The van der Waals surface area contributed by atoms with Crippen molar-refractivity contribution in [1.82, 2.24) is 0 Å². The number of carbonyl (C=O) groups excluding carboxylic acids is 3. The van der Waals surface area contributed by atoms with Gasteiger partial charge in [0, 0.05) is 10.7 Å². The molecule has 2 rings (SSSR count). The number of amides is 1. The number of esters is 2. The molecule has 0 aliphatic rings. The standard InChI is InChI=1S/C22H22Cl2N2O5S/c1-3-30-21(28)19(22(29)31-4-2)20(25-15-11-9-14(23)10-12-15)32-13-18(27)26-17-8-6-5-7-16(17)24/h5-12,25H,3-4,13H2,1-2H3,(H,26,27). The molecule has 170 valence electrons. The van der Waals surface area contributed by atoms with Gasteiger partial charge in [0.2, 0.25) is 5.91 Å². The molecule has 0 heterocycles. The van der Waals surface area contributed by atoms with Gasteiger partial charge < -0.3 is 20.1 Å². The molecule has 10 heteroatoms. The topological polar surface area (TPSA) is 93.7 Å². The van der Waals surface area contributed by atoms with Gasteiger partial charge >= 0.3 is 11.9 Å². The molecule has 0 aliphatic heterocycles. The van der Waals surface area contributed by atoms with Crippen LogP contribution in [0.1, 0.15) is 13.8 Å². The molecule has 2 N–H and O–H groups in total. The van der Waals surface area contributed by atoms with Crippen molar-refractivity contribution in [3.8, 4) is 0 Å². The van der Waals surface area contributed by atoms with Crippen LogP contribution in [0.4, 0.5) is 11.4 Å². The molecular formula is C22H22Cl2N2O5S. The lowest BCUT2D eigenvalue weighted by Crippen LogP contribution is -2.23. The normalized spacial score (nSPS) is 10.1. The summed E-state index contributed by atoms with van der Waals surface area (Å²) in [7, 11) is 0. The van der Waals surface area contributed by atoms with E-state index in [1.165, 1.54) is 0 Å². The van der Waals surface area contributed by atoms with Crippen molar-refractivity contribution in [1.29, 1.82) is 0 Å². The fourth-order valence-corrected chi connectivity index (χ4v) is 3.55. The molecule has 0 saturated heterocycles. The zero-order valence-electron chi connectivity index (χ0n) is 17.4. The van der Waals surface area contributed by atoms with Crippen LogP contribution in [0, 0.1) is 0 Å². The Hall–Kier alpha value is -2.68. The third-order valence-corrected chi connectivity index (χ3v) is 5.37. The van der Waals surface area contributed by atoms with Crippen molar-refractivity contribution in [3.05, 3.63) is 69.2 Å². The maximum absolute atomic E-state index is 12.6. The molecule has 7 nitrogen and oxygen atoms in total. The van der Waals surface area contributed by atoms with E-state index in [0.717, 1.165) is 11.8 Å². The zero-order valence-corrected chi connectivity index (χ0v) is 19.8. The SMILES string of the molecule is CCOC(=O)C(C(=O)OCC)=C(Nc1ccc(Cl)cc1)SCC(=O)Nc1ccccc1Cl. The molecule has 0 radical (unpaired) electrons. The van der Waals surface area contributed by atoms with Crippen LogP contribution in [0.15, 0.2) is 59.1 Å². The number of nitrogens with one attached hydrogen (secondary N) is 2. The number of halogens is 2. The molecule has 0 atom stereocenters. The van der Waals surface area contributed by atoms with Crippen LogP contribution >= 0.6 is 35.0 Å². The van der Waals surface area contributed by atoms with Crippen LogP contribution in [-0.4, -0.2) is 36.8 Å². The second kappa shape index (κ2) is 13.0. The van der Waals surface area contributed by atoms with Gasteiger partial charge in [-0.15, -0.1) is 0 Å². The summed E-state index contributed by atoms with van der Waals surface area (Å²) < 4.78 is 10.1. The molecule has 0 spiro atoms. The van der Waals surface area contributed by atoms with Crippen LogP contribution in [0.5, 0.6) is 0 Å². The van der Waals surface area contributed by atoms with E-state index < -0.39 is 11.9 Å². The lowest BCUT2D eigenvalue weighted by molar-refractivity contribution is -0.146. The molecule has 1 amide bonds. The number of para-hydroxylation sites is 1. The number of rotatable bonds is 10. The summed E-state index contributed by atoms with van der Waals surface area (Å²) >= 11 is 13.0. The molecular weight excluding hydrogens is 475 g/mol. The summed E-state index contributed by atoms with van der Waals surface area (Å²) in [6.07, 6.45) is 0. The number of anilines is 2. The molecule has 0 unspecified atom stereocenters. The fourth-order valence-electron chi connectivity index (χ4n) is 2.40. The minimum Gasteiger partial charge on any atom is -0.462 e. The first-order valence-corrected chi connectivity index (χ1v) is 11.4. The highest BCUT2D eigenvalue weighted by molar-refractivity contribution is 8.03. The smallest absolute Gasteiger partial charge is 0.348 e. The van der Waals surface area contributed by atoms with Crippen LogP contribution < -0.4 is 10.6 Å². The van der Waals surface area contributed by atoms with Crippen molar-refractivity contribution < 1.29 is 23.9 Å². The quantitative estimate of drug-likeness (QED) is 0.204. The Morgan fingerprint density at radius 2 is 1.47 bits per heavy atom. The van der Waals surface area contributed by atoms with Crippen LogP contribution in [0.2, 0.25) is 10.0 Å². The highest BCUT2D eigenvalue weighted by Crippen LogP contribution is 2.27. The Morgan fingerprint density at radius 3 is 2.03 bits per heavy atom. The molecule has 2 aromatic carbocycles. The van der Waals surface area contributed by atoms with E-state index in [1.807, 2.05) is 0 Å². The van der Waals surface area contributed by atoms with Crippen molar-refractivity contribution in [3.63, 3.8) is 0 Å². The average molecular weight is 497 g/mol. The number of hydrogen-bond donors (Lipinski definition) is 2. The first-order chi connectivity index (χ1) is 15.3. The maximum atomic E-state index is 12.6. The lowest BCUT2D eigenvalue weighted by atomic mass is 10.2. The van der Waals surface area contributed by atoms with E-state index in [2.05, 4.69) is 10.6 Å². The van der Waals surface area contributed by atoms with Crippen molar-refractivity contribution in [2.24, 2.45) is 0 Å². The molecule has 0 saturated carbocycles. The van der Waals surface area contributed by atoms with E-state index in [-0.39, 0.29) is 35.5 Å². The zero-order chi connectivity index (χ0) is 23.5. The van der Waals surface area contributed by atoms with Gasteiger partial charge in [0.1, 0.15) is 0 Å². The number of thioether (sulfide) groups is 1. The molecule has 0 bridgehead atoms. The third kappa shape index (κ3) is 7.78. The van der Waals surface area contributed by atoms with E-state index in [1.54, 1.807) is 62.4 Å². The second-order valence-electron chi connectivity index (χ2n) is 6.09. The summed E-state index contributed by atoms with van der Waals surface area (Å²) in [5.41, 5.74) is 0.667. The Morgan fingerprint density at radius 1 is 0.875 bits per heavy atom. The van der Waals surface area contributed by atoms with Gasteiger partial charge in [0.25, 0.3) is 0 Å². The van der Waals surface area contributed by atoms with Crippen LogP contribution in [-0.2, 0) is 23.9 Å². The summed E-state index contributed by atoms with van der Waals surface area (Å²) in [5.74, 6) is -2.22. The number of benzene rings is 2. The highest BCUT2D eigenvalue weighted by Gasteiger charge is 2.27. The predicted octanol–water partition coefficient (Wildman–Crippen LogP) is 5.12. The second-order valence-corrected chi connectivity index (χ2v) is 7.92. The average Bonchev–Trinajstić information content (AvgIpc) is 2.75. The van der Waals surface area contributed by atoms with E-state index in [4.69, 9.17) is 32.7 Å². The third-order valence-electron chi connectivity index (χ3n) is 3.78. The Kier molecular flexibility index (Phi) is 10.4. The predicted molar refractivity (Wildman–Crippen MR) is 128 cm³/mol. The van der Waals surface area contributed by atoms with Gasteiger partial charge in [-0.25, -0.2) is 9.59 Å². The summed E-state index contributed by atoms with van der Waals surface area (Å²) in [6, 6.07) is 13.4. The van der Waals surface area contributed by atoms with Gasteiger partial charge in [0.05, 0.1) is 34.7 Å². The molecule has 0 fully saturated rings. The molecule has 0 aliphatic carbocycles. The monoisotopic (exact) mass is 496 g/mol. The first kappa shape index (κ1) is 25.6. The summed E-state index contributed by atoms with van der Waals surface area (Å²) in [5, 5.41) is 6.70. The molecule has 2 aromatic rings. The van der Waals surface area contributed by atoms with Gasteiger partial charge in [-0.3, -0.25) is 4.79 Å². The highest BCUT2D eigenvalue weighted by atomic mass is 35.5. The van der Waals surface area contributed by atoms with E-state index >= 15 is 0 Å². The molecule has 0 aromatic heterocycles. The number of ether oxygens (including phenoxy) is 2. The number of hydrogen-bond acceptors (Lipinski definition) is 7. The minimum atomic E-state index is -0.860. The van der Waals surface area contributed by atoms with Crippen molar-refractivity contribution in [2.75, 3.05) is 29.6 Å². The van der Waals surface area contributed by atoms with Crippen molar-refractivity contribution >= 4 is 64.2 Å². The Bertz CT molecular complexity index is 976. The Balaban J connectivity index is 2.32. The Labute approximate surface area is 200 Å². The first-order valence-electron chi connectivity index (χ1n) is 9.64. The largest absolute Gasteiger partial charge is 0.462 e. The van der Waals surface area contributed by atoms with Gasteiger partial charge in [-0.05, 0) is 50.2 Å². The summed E-state index contributed by atoms with van der Waals surface area (Å²) in [4.78, 5) is 37.6. The van der Waals surface area contributed by atoms with Gasteiger partial charge in [-0.1, -0.05) is 47.1 Å².